The zero-order valence-electron chi connectivity index (χ0n) is 20.2. The molecule has 1 atom stereocenters. The number of carbonyl (C=O) groups excluding carboxylic acids is 2. The van der Waals surface area contributed by atoms with E-state index in [9.17, 15) is 18.0 Å². The summed E-state index contributed by atoms with van der Waals surface area (Å²) in [5.74, 6) is 0.405. The third-order valence-corrected chi connectivity index (χ3v) is 8.78. The first-order valence-corrected chi connectivity index (χ1v) is 14.5. The largest absolute Gasteiger partial charge is 0.497 e. The Balaban J connectivity index is 1.48. The van der Waals surface area contributed by atoms with Gasteiger partial charge in [-0.05, 0) is 60.9 Å². The van der Waals surface area contributed by atoms with Crippen molar-refractivity contribution in [1.82, 2.24) is 4.90 Å². The van der Waals surface area contributed by atoms with E-state index in [1.807, 2.05) is 19.1 Å². The lowest BCUT2D eigenvalue weighted by molar-refractivity contribution is -0.129. The van der Waals surface area contributed by atoms with E-state index in [1.165, 1.54) is 11.0 Å². The van der Waals surface area contributed by atoms with Gasteiger partial charge < -0.3 is 14.2 Å². The zero-order valence-corrected chi connectivity index (χ0v) is 22.7. The van der Waals surface area contributed by atoms with E-state index in [0.717, 1.165) is 23.1 Å². The van der Waals surface area contributed by atoms with Crippen LogP contribution in [0.5, 0.6) is 17.2 Å². The highest BCUT2D eigenvalue weighted by Gasteiger charge is 2.42. The average molecular weight is 560 g/mol. The van der Waals surface area contributed by atoms with Gasteiger partial charge in [0, 0.05) is 6.08 Å². The summed E-state index contributed by atoms with van der Waals surface area (Å²) >= 11 is 6.50. The monoisotopic (exact) mass is 559 g/mol. The molecule has 1 amide bonds. The van der Waals surface area contributed by atoms with Gasteiger partial charge in [0.15, 0.2) is 21.3 Å². The molecule has 2 saturated heterocycles. The first-order chi connectivity index (χ1) is 17.7. The number of ether oxygens (including phenoxy) is 3. The molecule has 2 aliphatic rings. The molecule has 37 heavy (non-hydrogen) atoms. The number of esters is 1. The number of hydrogen-bond acceptors (Lipinski definition) is 9. The Hall–Kier alpha value is -3.15. The number of nitrogens with zero attached hydrogens (tertiary/aromatic N) is 1. The van der Waals surface area contributed by atoms with Crippen LogP contribution < -0.4 is 14.2 Å². The van der Waals surface area contributed by atoms with E-state index in [2.05, 4.69) is 0 Å². The first-order valence-electron chi connectivity index (χ1n) is 11.5. The molecule has 0 aromatic heterocycles. The van der Waals surface area contributed by atoms with Gasteiger partial charge >= 0.3 is 5.97 Å². The number of hydrogen-bond donors (Lipinski definition) is 0. The summed E-state index contributed by atoms with van der Waals surface area (Å²) in [6.07, 6.45) is 5.00. The van der Waals surface area contributed by atoms with Crippen LogP contribution in [0.25, 0.3) is 12.2 Å². The highest BCUT2D eigenvalue weighted by atomic mass is 32.2. The number of methoxy groups -OCH3 is 1. The smallest absolute Gasteiger partial charge is 0.336 e. The maximum Gasteiger partial charge on any atom is 0.336 e. The van der Waals surface area contributed by atoms with Crippen LogP contribution in [-0.2, 0) is 19.4 Å². The van der Waals surface area contributed by atoms with Gasteiger partial charge in [-0.25, -0.2) is 13.2 Å². The summed E-state index contributed by atoms with van der Waals surface area (Å²) in [5, 5.41) is 0. The van der Waals surface area contributed by atoms with Crippen molar-refractivity contribution in [2.24, 2.45) is 0 Å². The van der Waals surface area contributed by atoms with Gasteiger partial charge in [-0.3, -0.25) is 9.69 Å². The Labute approximate surface area is 225 Å². The van der Waals surface area contributed by atoms with Crippen molar-refractivity contribution in [3.8, 4) is 17.2 Å². The second-order valence-corrected chi connectivity index (χ2v) is 12.2. The Morgan fingerprint density at radius 3 is 2.54 bits per heavy atom. The van der Waals surface area contributed by atoms with Crippen molar-refractivity contribution < 1.29 is 32.2 Å². The average Bonchev–Trinajstić information content (AvgIpc) is 3.36. The van der Waals surface area contributed by atoms with Crippen LogP contribution in [-0.4, -0.2) is 60.8 Å². The summed E-state index contributed by atoms with van der Waals surface area (Å²) in [5.41, 5.74) is 1.46. The molecule has 2 aliphatic heterocycles. The van der Waals surface area contributed by atoms with Gasteiger partial charge in [0.2, 0.25) is 0 Å². The molecule has 2 aromatic rings. The zero-order chi connectivity index (χ0) is 26.6. The van der Waals surface area contributed by atoms with Crippen LogP contribution in [0.15, 0.2) is 53.4 Å². The van der Waals surface area contributed by atoms with E-state index < -0.39 is 21.8 Å². The number of thiocarbonyl (C=S) groups is 1. The number of sulfone groups is 1. The normalized spacial score (nSPS) is 20.1. The molecule has 0 N–H and O–H groups in total. The van der Waals surface area contributed by atoms with E-state index in [0.29, 0.717) is 33.6 Å². The lowest BCUT2D eigenvalue weighted by Crippen LogP contribution is -2.39. The second-order valence-electron chi connectivity index (χ2n) is 8.28. The molecular weight excluding hydrogens is 534 g/mol. The number of thioether (sulfide) groups is 1. The molecule has 0 aliphatic carbocycles. The molecule has 0 bridgehead atoms. The third-order valence-electron chi connectivity index (χ3n) is 5.70. The molecule has 0 unspecified atom stereocenters. The van der Waals surface area contributed by atoms with Crippen LogP contribution in [0, 0.1) is 0 Å². The minimum atomic E-state index is -3.16. The van der Waals surface area contributed by atoms with Crippen LogP contribution in [0.3, 0.4) is 0 Å². The fourth-order valence-corrected chi connectivity index (χ4v) is 7.01. The summed E-state index contributed by atoms with van der Waals surface area (Å²) < 4.78 is 40.3. The van der Waals surface area contributed by atoms with Crippen molar-refractivity contribution in [2.45, 2.75) is 19.4 Å². The third kappa shape index (κ3) is 6.60. The van der Waals surface area contributed by atoms with Crippen molar-refractivity contribution in [2.75, 3.05) is 25.2 Å². The highest BCUT2D eigenvalue weighted by molar-refractivity contribution is 8.26. The van der Waals surface area contributed by atoms with E-state index in [-0.39, 0.29) is 23.2 Å². The van der Waals surface area contributed by atoms with E-state index >= 15 is 0 Å². The standard InChI is InChI=1S/C26H25NO7S3/c1-3-33-22-14-18(15-23-25(29)27(26(35)36-23)19-12-13-37(30,31)16-19)6-10-21(22)34-24(28)11-7-17-4-8-20(32-2)9-5-17/h4-11,14-15,19H,3,12-13,16H2,1-2H3/b11-7+,23-15-/t19-/m1/s1. The Bertz CT molecular complexity index is 1380. The van der Waals surface area contributed by atoms with Crippen molar-refractivity contribution in [3.63, 3.8) is 0 Å². The Kier molecular flexibility index (Phi) is 8.35. The molecule has 0 spiro atoms. The topological polar surface area (TPSA) is 99.2 Å². The van der Waals surface area contributed by atoms with Gasteiger partial charge in [0.1, 0.15) is 10.1 Å². The van der Waals surface area contributed by atoms with Gasteiger partial charge in [0.05, 0.1) is 36.2 Å². The summed E-state index contributed by atoms with van der Waals surface area (Å²) in [7, 11) is -1.57. The fraction of sp³-hybridized carbons (Fsp3) is 0.269. The molecule has 0 saturated carbocycles. The number of rotatable bonds is 8. The van der Waals surface area contributed by atoms with Crippen molar-refractivity contribution >= 4 is 62.2 Å². The van der Waals surface area contributed by atoms with Crippen LogP contribution in [0.4, 0.5) is 0 Å². The molecular formula is C26H25NO7S3. The predicted octanol–water partition coefficient (Wildman–Crippen LogP) is 4.10. The summed E-state index contributed by atoms with van der Waals surface area (Å²) in [6.45, 7) is 2.15. The second kappa shape index (κ2) is 11.5. The minimum absolute atomic E-state index is 0.0565. The molecule has 194 valence electrons. The summed E-state index contributed by atoms with van der Waals surface area (Å²) in [4.78, 5) is 27.2. The van der Waals surface area contributed by atoms with Crippen LogP contribution in [0.1, 0.15) is 24.5 Å². The maximum atomic E-state index is 13.0. The molecule has 2 heterocycles. The molecule has 0 radical (unpaired) electrons. The SMILES string of the molecule is CCOc1cc(/C=C2\SC(=S)N([C@@H]3CCS(=O)(=O)C3)C2=O)ccc1OC(=O)/C=C/c1ccc(OC)cc1. The number of benzene rings is 2. The Morgan fingerprint density at radius 2 is 1.89 bits per heavy atom. The molecule has 4 rings (SSSR count). The fourth-order valence-electron chi connectivity index (χ4n) is 3.91. The number of amides is 1. The van der Waals surface area contributed by atoms with Crippen molar-refractivity contribution in [1.29, 1.82) is 0 Å². The van der Waals surface area contributed by atoms with Gasteiger partial charge in [-0.15, -0.1) is 0 Å². The van der Waals surface area contributed by atoms with Gasteiger partial charge in [-0.1, -0.05) is 42.2 Å². The molecule has 2 fully saturated rings. The lowest BCUT2D eigenvalue weighted by Gasteiger charge is -2.20. The van der Waals surface area contributed by atoms with Gasteiger partial charge in [0.25, 0.3) is 5.91 Å². The maximum absolute atomic E-state index is 13.0. The Morgan fingerprint density at radius 1 is 1.16 bits per heavy atom. The molecule has 8 nitrogen and oxygen atoms in total. The summed E-state index contributed by atoms with van der Waals surface area (Å²) in [6, 6.07) is 11.8. The van der Waals surface area contributed by atoms with Crippen molar-refractivity contribution in [3.05, 3.63) is 64.6 Å². The molecule has 11 heteroatoms. The van der Waals surface area contributed by atoms with Crippen LogP contribution >= 0.6 is 24.0 Å². The van der Waals surface area contributed by atoms with Crippen LogP contribution in [0.2, 0.25) is 0 Å². The predicted molar refractivity (Wildman–Crippen MR) is 147 cm³/mol. The highest BCUT2D eigenvalue weighted by Crippen LogP contribution is 2.37. The minimum Gasteiger partial charge on any atom is -0.497 e. The van der Waals surface area contributed by atoms with E-state index in [4.69, 9.17) is 26.4 Å². The van der Waals surface area contributed by atoms with E-state index in [1.54, 1.807) is 49.6 Å². The number of carbonyl (C=O) groups is 2. The quantitative estimate of drug-likeness (QED) is 0.205. The lowest BCUT2D eigenvalue weighted by atomic mass is 10.1. The first kappa shape index (κ1) is 26.9. The molecule has 2 aromatic carbocycles. The van der Waals surface area contributed by atoms with Gasteiger partial charge in [-0.2, -0.15) is 0 Å².